The number of hydrogen-bond acceptors (Lipinski definition) is 0. The van der Waals surface area contributed by atoms with Crippen molar-refractivity contribution in [3.05, 3.63) is 0 Å². The van der Waals surface area contributed by atoms with Crippen molar-refractivity contribution in [3.63, 3.8) is 0 Å². The molecule has 6 rings (SSSR count). The molecule has 4 bridgehead atoms. The molecule has 0 N–H and O–H groups in total. The molecule has 6 fully saturated rings. The zero-order valence-electron chi connectivity index (χ0n) is 9.23. The van der Waals surface area contributed by atoms with Gasteiger partial charge in [0.25, 0.3) is 0 Å². The lowest BCUT2D eigenvalue weighted by Gasteiger charge is -2.78. The third kappa shape index (κ3) is 0.721. The van der Waals surface area contributed by atoms with Crippen molar-refractivity contribution in [1.82, 2.24) is 0 Å². The van der Waals surface area contributed by atoms with Gasteiger partial charge in [-0.05, 0) is 0 Å². The second-order valence-electron chi connectivity index (χ2n) is 6.35. The highest BCUT2D eigenvalue weighted by Gasteiger charge is 3.28. The molecular formula is C10HCl11. The molecule has 0 unspecified atom stereocenters. The summed E-state index contributed by atoms with van der Waals surface area (Å²) in [5.41, 5.74) is 0. The molecule has 0 aliphatic heterocycles. The van der Waals surface area contributed by atoms with Crippen molar-refractivity contribution in [2.45, 2.75) is 42.8 Å². The number of hydrogen-bond donors (Lipinski definition) is 0. The molecule has 0 nitrogen and oxygen atoms in total. The van der Waals surface area contributed by atoms with Gasteiger partial charge in [0.2, 0.25) is 0 Å². The van der Waals surface area contributed by atoms with Crippen molar-refractivity contribution in [2.75, 3.05) is 0 Å². The predicted octanol–water partition coefficient (Wildman–Crippen LogP) is 5.86. The van der Waals surface area contributed by atoms with Crippen LogP contribution in [0.2, 0.25) is 0 Å². The highest BCUT2D eigenvalue weighted by molar-refractivity contribution is 6.78. The highest BCUT2D eigenvalue weighted by atomic mass is 35.5. The van der Waals surface area contributed by atoms with E-state index in [2.05, 4.69) is 0 Å². The SMILES string of the molecule is ClC12C3(Cl)[C@]4(Cl)C(Cl)(Cl)[C@]1(Cl)C1C4(Cl)[C@@]3(Cl)C(Cl)(Cl)[C@]12Cl. The van der Waals surface area contributed by atoms with Crippen LogP contribution in [0.4, 0.5) is 0 Å². The van der Waals surface area contributed by atoms with Gasteiger partial charge >= 0.3 is 0 Å². The van der Waals surface area contributed by atoms with E-state index in [4.69, 9.17) is 128 Å². The molecular weight excluding hydrogens is 510 g/mol. The second kappa shape index (κ2) is 3.15. The molecule has 0 spiro atoms. The van der Waals surface area contributed by atoms with E-state index in [1.165, 1.54) is 0 Å². The van der Waals surface area contributed by atoms with Gasteiger partial charge in [-0.25, -0.2) is 0 Å². The summed E-state index contributed by atoms with van der Waals surface area (Å²) in [4.78, 5) is -11.0. The molecule has 0 aromatic rings. The van der Waals surface area contributed by atoms with Gasteiger partial charge in [-0.1, -0.05) is 46.4 Å². The van der Waals surface area contributed by atoms with Gasteiger partial charge in [0.05, 0.1) is 4.87 Å². The van der Waals surface area contributed by atoms with Crippen LogP contribution in [0.3, 0.4) is 0 Å². The monoisotopic (exact) mass is 506 g/mol. The van der Waals surface area contributed by atoms with Crippen molar-refractivity contribution < 1.29 is 0 Å². The Balaban J connectivity index is 2.03. The molecule has 0 aromatic carbocycles. The Hall–Kier alpha value is 3.19. The summed E-state index contributed by atoms with van der Waals surface area (Å²) in [5.74, 6) is -0.805. The van der Waals surface area contributed by atoms with E-state index in [0.717, 1.165) is 0 Å². The molecule has 0 saturated heterocycles. The van der Waals surface area contributed by atoms with Gasteiger partial charge in [-0.15, -0.1) is 81.2 Å². The van der Waals surface area contributed by atoms with Crippen LogP contribution in [-0.4, -0.2) is 42.8 Å². The van der Waals surface area contributed by atoms with Crippen LogP contribution in [0.15, 0.2) is 0 Å². The summed E-state index contributed by atoms with van der Waals surface area (Å²) >= 11 is 73.1. The molecule has 0 radical (unpaired) electrons. The third-order valence-corrected chi connectivity index (χ3v) is 16.0. The predicted molar refractivity (Wildman–Crippen MR) is 92.5 cm³/mol. The molecule has 6 saturated carbocycles. The van der Waals surface area contributed by atoms with Gasteiger partial charge < -0.3 is 0 Å². The summed E-state index contributed by atoms with van der Waals surface area (Å²) in [6.45, 7) is 0. The van der Waals surface area contributed by atoms with Crippen LogP contribution >= 0.6 is 128 Å². The lowest BCUT2D eigenvalue weighted by atomic mass is 9.42. The molecule has 0 amide bonds. The minimum Gasteiger partial charge on any atom is -0.115 e. The fourth-order valence-corrected chi connectivity index (χ4v) is 14.8. The molecule has 6 aliphatic carbocycles. The molecule has 21 heavy (non-hydrogen) atoms. The van der Waals surface area contributed by atoms with Crippen LogP contribution in [0.5, 0.6) is 0 Å². The minimum absolute atomic E-state index is 0.805. The van der Waals surface area contributed by atoms with Gasteiger partial charge in [0.15, 0.2) is 8.67 Å². The third-order valence-electron chi connectivity index (χ3n) is 6.40. The van der Waals surface area contributed by atoms with Crippen LogP contribution in [-0.2, 0) is 0 Å². The van der Waals surface area contributed by atoms with Crippen LogP contribution in [0, 0.1) is 5.92 Å². The van der Waals surface area contributed by atoms with Crippen molar-refractivity contribution in [3.8, 4) is 0 Å². The van der Waals surface area contributed by atoms with E-state index in [1.807, 2.05) is 0 Å². The first-order valence-corrected chi connectivity index (χ1v) is 9.85. The van der Waals surface area contributed by atoms with Gasteiger partial charge in [0, 0.05) is 5.92 Å². The summed E-state index contributed by atoms with van der Waals surface area (Å²) in [6, 6.07) is 0. The summed E-state index contributed by atoms with van der Waals surface area (Å²) in [7, 11) is 0. The smallest absolute Gasteiger partial charge is 0.115 e. The standard InChI is InChI=1S/C10HCl11/c11-2-1-3(12)5(14)4(1,13)10(20,21)7(2,16)8(5,17)6(2,15)9(3,18)19/h1H/t1?,2?,3-,4-,5?,6-,7-,8?/m0/s1. The molecule has 11 heteroatoms. The normalized spacial score (nSPS) is 79.9. The maximum absolute atomic E-state index is 6.79. The number of rotatable bonds is 0. The summed E-state index contributed by atoms with van der Waals surface area (Å²) in [5, 5.41) is 0. The molecule has 118 valence electrons. The van der Waals surface area contributed by atoms with E-state index in [9.17, 15) is 0 Å². The minimum atomic E-state index is -1.75. The van der Waals surface area contributed by atoms with Gasteiger partial charge in [0.1, 0.15) is 29.2 Å². The maximum atomic E-state index is 6.79. The molecule has 6 aliphatic rings. The van der Waals surface area contributed by atoms with E-state index in [0.29, 0.717) is 0 Å². The number of alkyl halides is 11. The topological polar surface area (TPSA) is 0 Å². The van der Waals surface area contributed by atoms with Gasteiger partial charge in [-0.3, -0.25) is 0 Å². The second-order valence-corrected chi connectivity index (χ2v) is 13.1. The van der Waals surface area contributed by atoms with E-state index >= 15 is 0 Å². The quantitative estimate of drug-likeness (QED) is 0.358. The molecule has 4 atom stereocenters. The zero-order chi connectivity index (χ0) is 16.1. The Labute approximate surface area is 174 Å². The Morgan fingerprint density at radius 1 is 0.381 bits per heavy atom. The maximum Gasteiger partial charge on any atom is 0.162 e. The highest BCUT2D eigenvalue weighted by Crippen LogP contribution is 3.11. The zero-order valence-corrected chi connectivity index (χ0v) is 17.6. The number of halogens is 11. The van der Waals surface area contributed by atoms with Gasteiger partial charge in [-0.2, -0.15) is 0 Å². The largest absolute Gasteiger partial charge is 0.162 e. The lowest BCUT2D eigenvalue weighted by Crippen LogP contribution is -2.98. The van der Waals surface area contributed by atoms with Crippen molar-refractivity contribution in [1.29, 1.82) is 0 Å². The first-order valence-electron chi connectivity index (χ1n) is 5.69. The van der Waals surface area contributed by atoms with Crippen LogP contribution in [0.25, 0.3) is 0 Å². The average Bonchev–Trinajstić information content (AvgIpc) is 2.59. The molecule has 0 heterocycles. The Kier molecular flexibility index (Phi) is 2.46. The van der Waals surface area contributed by atoms with Crippen molar-refractivity contribution >= 4 is 128 Å². The fraction of sp³-hybridized carbons (Fsp3) is 1.00. The fourth-order valence-electron chi connectivity index (χ4n) is 5.88. The molecule has 0 aromatic heterocycles. The van der Waals surface area contributed by atoms with E-state index in [-0.39, 0.29) is 0 Å². The Bertz CT molecular complexity index is 628. The average molecular weight is 511 g/mol. The summed E-state index contributed by atoms with van der Waals surface area (Å²) < 4.78 is -3.50. The van der Waals surface area contributed by atoms with Crippen molar-refractivity contribution in [2.24, 2.45) is 5.92 Å². The Morgan fingerprint density at radius 3 is 1.05 bits per heavy atom. The van der Waals surface area contributed by atoms with Crippen LogP contribution < -0.4 is 0 Å². The summed E-state index contributed by atoms with van der Waals surface area (Å²) in [6.07, 6.45) is 0. The van der Waals surface area contributed by atoms with E-state index in [1.54, 1.807) is 0 Å². The van der Waals surface area contributed by atoms with E-state index < -0.39 is 48.7 Å². The Morgan fingerprint density at radius 2 is 0.714 bits per heavy atom. The first kappa shape index (κ1) is 16.4. The van der Waals surface area contributed by atoms with Crippen LogP contribution in [0.1, 0.15) is 0 Å². The lowest BCUT2D eigenvalue weighted by molar-refractivity contribution is -0.0200. The first-order chi connectivity index (χ1) is 9.12.